The van der Waals surface area contributed by atoms with E-state index >= 15 is 0 Å². The Morgan fingerprint density at radius 3 is 2.67 bits per heavy atom. The van der Waals surface area contributed by atoms with E-state index in [1.54, 1.807) is 12.1 Å². The van der Waals surface area contributed by atoms with Gasteiger partial charge in [0.2, 0.25) is 6.79 Å². The second kappa shape index (κ2) is 7.74. The molecule has 2 aliphatic heterocycles. The number of fused-ring (bicyclic) bond motifs is 1. The third-order valence-electron chi connectivity index (χ3n) is 5.12. The minimum absolute atomic E-state index is 0.196. The Hall–Kier alpha value is -2.32. The van der Waals surface area contributed by atoms with Crippen LogP contribution in [0.25, 0.3) is 0 Å². The van der Waals surface area contributed by atoms with Crippen LogP contribution in [-0.2, 0) is 25.6 Å². The number of ether oxygens (including phenoxy) is 4. The highest BCUT2D eigenvalue weighted by molar-refractivity contribution is 6.35. The Morgan fingerprint density at radius 1 is 1.04 bits per heavy atom. The molecule has 4 rings (SSSR count). The average molecular weight is 376 g/mol. The first-order valence-corrected chi connectivity index (χ1v) is 9.40. The van der Waals surface area contributed by atoms with E-state index in [1.165, 1.54) is 6.42 Å². The number of hydrogen-bond acceptors (Lipinski definition) is 6. The fourth-order valence-electron chi connectivity index (χ4n) is 3.67. The normalized spacial score (nSPS) is 22.6. The van der Waals surface area contributed by atoms with Gasteiger partial charge in [-0.2, -0.15) is 0 Å². The van der Waals surface area contributed by atoms with Crippen molar-refractivity contribution in [3.63, 3.8) is 0 Å². The fourth-order valence-corrected chi connectivity index (χ4v) is 3.67. The van der Waals surface area contributed by atoms with Gasteiger partial charge >= 0.3 is 11.8 Å². The SMILES string of the molecule is O=C(NCc1ccc2c(c1)OCO2)C(=O)NC[C@@H]1COC2(CCCCC2)O1. The van der Waals surface area contributed by atoms with E-state index in [2.05, 4.69) is 10.6 Å². The average Bonchev–Trinajstić information content (AvgIpc) is 3.31. The number of nitrogens with one attached hydrogen (secondary N) is 2. The number of carbonyl (C=O) groups is 2. The number of carbonyl (C=O) groups excluding carboxylic acids is 2. The maximum Gasteiger partial charge on any atom is 0.309 e. The van der Waals surface area contributed by atoms with E-state index in [4.69, 9.17) is 18.9 Å². The molecular formula is C19H24N2O6. The van der Waals surface area contributed by atoms with E-state index in [0.717, 1.165) is 31.2 Å². The third-order valence-corrected chi connectivity index (χ3v) is 5.12. The Bertz CT molecular complexity index is 716. The van der Waals surface area contributed by atoms with Gasteiger partial charge in [-0.25, -0.2) is 0 Å². The summed E-state index contributed by atoms with van der Waals surface area (Å²) in [5.74, 6) is -0.517. The zero-order chi connectivity index (χ0) is 18.7. The lowest BCUT2D eigenvalue weighted by Crippen LogP contribution is -2.43. The largest absolute Gasteiger partial charge is 0.454 e. The summed E-state index contributed by atoms with van der Waals surface area (Å²) in [6.45, 7) is 1.13. The molecule has 0 aromatic heterocycles. The van der Waals surface area contributed by atoms with Crippen LogP contribution >= 0.6 is 0 Å². The standard InChI is InChI=1S/C19H24N2O6/c22-17(20-9-13-4-5-15-16(8-13)25-12-24-15)18(23)21-10-14-11-26-19(27-14)6-2-1-3-7-19/h4-5,8,14H,1-3,6-7,9-12H2,(H,20,22)(H,21,23)/t14-/m1/s1. The quantitative estimate of drug-likeness (QED) is 0.768. The van der Waals surface area contributed by atoms with Gasteiger partial charge in [0.15, 0.2) is 17.3 Å². The molecule has 1 spiro atoms. The molecule has 0 bridgehead atoms. The van der Waals surface area contributed by atoms with Gasteiger partial charge in [-0.1, -0.05) is 12.5 Å². The molecule has 1 saturated heterocycles. The van der Waals surface area contributed by atoms with Crippen LogP contribution in [0.4, 0.5) is 0 Å². The molecule has 1 saturated carbocycles. The minimum atomic E-state index is -0.682. The summed E-state index contributed by atoms with van der Waals surface area (Å²) in [5.41, 5.74) is 0.826. The van der Waals surface area contributed by atoms with Crippen LogP contribution in [0.15, 0.2) is 18.2 Å². The van der Waals surface area contributed by atoms with E-state index < -0.39 is 17.6 Å². The van der Waals surface area contributed by atoms with Gasteiger partial charge in [0.25, 0.3) is 0 Å². The summed E-state index contributed by atoms with van der Waals surface area (Å²) in [6, 6.07) is 5.38. The monoisotopic (exact) mass is 376 g/mol. The lowest BCUT2D eigenvalue weighted by atomic mass is 9.94. The Morgan fingerprint density at radius 2 is 1.81 bits per heavy atom. The topological polar surface area (TPSA) is 95.1 Å². The van der Waals surface area contributed by atoms with Crippen molar-refractivity contribution >= 4 is 11.8 Å². The van der Waals surface area contributed by atoms with E-state index in [-0.39, 0.29) is 26.0 Å². The predicted molar refractivity (Wildman–Crippen MR) is 94.1 cm³/mol. The van der Waals surface area contributed by atoms with Crippen LogP contribution < -0.4 is 20.1 Å². The van der Waals surface area contributed by atoms with Crippen molar-refractivity contribution in [2.75, 3.05) is 19.9 Å². The van der Waals surface area contributed by atoms with Crippen LogP contribution in [0.5, 0.6) is 11.5 Å². The number of hydrogen-bond donors (Lipinski definition) is 2. The van der Waals surface area contributed by atoms with Crippen molar-refractivity contribution in [1.82, 2.24) is 10.6 Å². The lowest BCUT2D eigenvalue weighted by molar-refractivity contribution is -0.186. The Labute approximate surface area is 157 Å². The van der Waals surface area contributed by atoms with Gasteiger partial charge < -0.3 is 29.6 Å². The predicted octanol–water partition coefficient (Wildman–Crippen LogP) is 1.22. The highest BCUT2D eigenvalue weighted by atomic mass is 16.7. The van der Waals surface area contributed by atoms with Crippen molar-refractivity contribution in [2.45, 2.75) is 50.5 Å². The molecule has 0 unspecified atom stereocenters. The molecule has 1 aromatic rings. The number of amides is 2. The second-order valence-electron chi connectivity index (χ2n) is 7.10. The van der Waals surface area contributed by atoms with Crippen LogP contribution in [0.3, 0.4) is 0 Å². The summed E-state index contributed by atoms with van der Waals surface area (Å²) < 4.78 is 22.4. The van der Waals surface area contributed by atoms with Crippen molar-refractivity contribution in [2.24, 2.45) is 0 Å². The Kier molecular flexibility index (Phi) is 5.18. The molecule has 2 fully saturated rings. The van der Waals surface area contributed by atoms with Gasteiger partial charge in [0.05, 0.1) is 6.61 Å². The highest BCUT2D eigenvalue weighted by Crippen LogP contribution is 2.37. The molecule has 0 radical (unpaired) electrons. The maximum atomic E-state index is 12.0. The van der Waals surface area contributed by atoms with E-state index in [9.17, 15) is 9.59 Å². The second-order valence-corrected chi connectivity index (χ2v) is 7.10. The first-order valence-electron chi connectivity index (χ1n) is 9.40. The van der Waals surface area contributed by atoms with E-state index in [1.807, 2.05) is 6.07 Å². The molecule has 8 heteroatoms. The molecule has 2 amide bonds. The van der Waals surface area contributed by atoms with Gasteiger partial charge in [-0.3, -0.25) is 9.59 Å². The van der Waals surface area contributed by atoms with E-state index in [0.29, 0.717) is 18.1 Å². The summed E-state index contributed by atoms with van der Waals surface area (Å²) in [7, 11) is 0. The van der Waals surface area contributed by atoms with Crippen LogP contribution in [-0.4, -0.2) is 43.7 Å². The molecule has 146 valence electrons. The van der Waals surface area contributed by atoms with Crippen molar-refractivity contribution in [1.29, 1.82) is 0 Å². The molecule has 1 atom stereocenters. The first kappa shape index (κ1) is 18.1. The zero-order valence-electron chi connectivity index (χ0n) is 15.1. The summed E-state index contributed by atoms with van der Waals surface area (Å²) >= 11 is 0. The summed E-state index contributed by atoms with van der Waals surface area (Å²) in [5, 5.41) is 5.23. The van der Waals surface area contributed by atoms with Crippen molar-refractivity contribution < 1.29 is 28.5 Å². The molecular weight excluding hydrogens is 352 g/mol. The number of rotatable bonds is 4. The zero-order valence-corrected chi connectivity index (χ0v) is 15.1. The van der Waals surface area contributed by atoms with Crippen LogP contribution in [0.2, 0.25) is 0 Å². The fraction of sp³-hybridized carbons (Fsp3) is 0.579. The lowest BCUT2D eigenvalue weighted by Gasteiger charge is -2.31. The molecule has 1 aliphatic carbocycles. The van der Waals surface area contributed by atoms with Crippen LogP contribution in [0.1, 0.15) is 37.7 Å². The molecule has 2 heterocycles. The van der Waals surface area contributed by atoms with Gasteiger partial charge in [-0.05, 0) is 30.5 Å². The van der Waals surface area contributed by atoms with Crippen LogP contribution in [0, 0.1) is 0 Å². The first-order chi connectivity index (χ1) is 13.1. The maximum absolute atomic E-state index is 12.0. The minimum Gasteiger partial charge on any atom is -0.454 e. The Balaban J connectivity index is 1.20. The molecule has 1 aromatic carbocycles. The smallest absolute Gasteiger partial charge is 0.309 e. The number of benzene rings is 1. The molecule has 8 nitrogen and oxygen atoms in total. The summed E-state index contributed by atoms with van der Waals surface area (Å²) in [6.07, 6.45) is 4.98. The molecule has 3 aliphatic rings. The van der Waals surface area contributed by atoms with Gasteiger partial charge in [0, 0.05) is 25.9 Å². The highest BCUT2D eigenvalue weighted by Gasteiger charge is 2.42. The summed E-state index contributed by atoms with van der Waals surface area (Å²) in [4.78, 5) is 24.0. The van der Waals surface area contributed by atoms with Crippen molar-refractivity contribution in [3.05, 3.63) is 23.8 Å². The molecule has 2 N–H and O–H groups in total. The third kappa shape index (κ3) is 4.17. The van der Waals surface area contributed by atoms with Gasteiger partial charge in [0.1, 0.15) is 6.10 Å². The molecule has 27 heavy (non-hydrogen) atoms. The van der Waals surface area contributed by atoms with Gasteiger partial charge in [-0.15, -0.1) is 0 Å². The van der Waals surface area contributed by atoms with Crippen molar-refractivity contribution in [3.8, 4) is 11.5 Å².